The second-order valence-electron chi connectivity index (χ2n) is 5.75. The summed E-state index contributed by atoms with van der Waals surface area (Å²) in [5, 5.41) is 10.3. The minimum atomic E-state index is -0.397. The molecule has 1 N–H and O–H groups in total. The van der Waals surface area contributed by atoms with Crippen molar-refractivity contribution in [3.8, 4) is 0 Å². The summed E-state index contributed by atoms with van der Waals surface area (Å²) in [5.74, 6) is 1.92. The number of hydrogen-bond donors (Lipinski definition) is 1. The first kappa shape index (κ1) is 14.2. The van der Waals surface area contributed by atoms with E-state index in [1.165, 1.54) is 11.4 Å². The summed E-state index contributed by atoms with van der Waals surface area (Å²) in [6.45, 7) is 10.7. The molecule has 1 rings (SSSR count). The first-order valence-corrected chi connectivity index (χ1v) is 6.45. The van der Waals surface area contributed by atoms with E-state index in [0.29, 0.717) is 5.92 Å². The van der Waals surface area contributed by atoms with Crippen molar-refractivity contribution in [1.82, 2.24) is 4.90 Å². The molecule has 0 radical (unpaired) electrons. The number of nitrogens with zero attached hydrogens (tertiary/aromatic N) is 2. The minimum Gasteiger partial charge on any atom is -0.380 e. The highest BCUT2D eigenvalue weighted by Gasteiger charge is 2.39. The van der Waals surface area contributed by atoms with E-state index in [0.717, 1.165) is 12.1 Å². The topological polar surface area (TPSA) is 26.5 Å². The van der Waals surface area contributed by atoms with E-state index in [1.807, 2.05) is 0 Å². The maximum Gasteiger partial charge on any atom is 0.251 e. The van der Waals surface area contributed by atoms with E-state index < -0.39 is 6.10 Å². The molecule has 17 heavy (non-hydrogen) atoms. The zero-order valence-electron chi connectivity index (χ0n) is 12.3. The fraction of sp³-hybridized carbons (Fsp3) is 0.786. The number of amidine groups is 1. The Hall–Kier alpha value is -0.830. The Kier molecular flexibility index (Phi) is 4.36. The summed E-state index contributed by atoms with van der Waals surface area (Å²) in [7, 11) is 4.13. The van der Waals surface area contributed by atoms with Gasteiger partial charge in [0.25, 0.3) is 5.84 Å². The van der Waals surface area contributed by atoms with Gasteiger partial charge in [-0.3, -0.25) is 4.58 Å². The van der Waals surface area contributed by atoms with Crippen LogP contribution in [0.2, 0.25) is 0 Å². The van der Waals surface area contributed by atoms with Crippen LogP contribution < -0.4 is 0 Å². The van der Waals surface area contributed by atoms with E-state index in [1.54, 1.807) is 0 Å². The number of rotatable bonds is 2. The van der Waals surface area contributed by atoms with Crippen molar-refractivity contribution < 1.29 is 9.68 Å². The molecular formula is C14H27N2O+. The highest BCUT2D eigenvalue weighted by atomic mass is 16.3. The van der Waals surface area contributed by atoms with Gasteiger partial charge in [0.1, 0.15) is 11.7 Å². The molecule has 2 atom stereocenters. The van der Waals surface area contributed by atoms with Crippen LogP contribution in [0.15, 0.2) is 11.3 Å². The molecule has 1 aliphatic heterocycles. The Balaban J connectivity index is 3.22. The third kappa shape index (κ3) is 2.71. The van der Waals surface area contributed by atoms with Gasteiger partial charge in [-0.15, -0.1) is 0 Å². The molecule has 2 unspecified atom stereocenters. The minimum absolute atomic E-state index is 0.143. The van der Waals surface area contributed by atoms with E-state index in [9.17, 15) is 5.11 Å². The van der Waals surface area contributed by atoms with E-state index >= 15 is 0 Å². The van der Waals surface area contributed by atoms with Gasteiger partial charge in [-0.05, 0) is 32.3 Å². The molecule has 3 nitrogen and oxygen atoms in total. The van der Waals surface area contributed by atoms with Crippen LogP contribution >= 0.6 is 0 Å². The molecule has 0 aromatic rings. The molecule has 0 bridgehead atoms. The third-order valence-corrected chi connectivity index (χ3v) is 3.61. The molecule has 0 saturated carbocycles. The van der Waals surface area contributed by atoms with Gasteiger partial charge >= 0.3 is 0 Å². The first-order valence-electron chi connectivity index (χ1n) is 6.45. The summed E-state index contributed by atoms with van der Waals surface area (Å²) in [6, 6.07) is 0.143. The Morgan fingerprint density at radius 1 is 1.41 bits per heavy atom. The third-order valence-electron chi connectivity index (χ3n) is 3.61. The zero-order valence-corrected chi connectivity index (χ0v) is 12.3. The molecule has 1 aliphatic rings. The molecule has 0 amide bonds. The van der Waals surface area contributed by atoms with E-state index in [-0.39, 0.29) is 6.04 Å². The number of allylic oxidation sites excluding steroid dienone is 1. The van der Waals surface area contributed by atoms with Crippen LogP contribution in [0.25, 0.3) is 0 Å². The molecule has 1 heterocycles. The molecular weight excluding hydrogens is 212 g/mol. The molecule has 0 aromatic heterocycles. The van der Waals surface area contributed by atoms with Crippen LogP contribution in [0, 0.1) is 5.92 Å². The molecule has 0 saturated heterocycles. The Labute approximate surface area is 105 Å². The molecule has 0 spiro atoms. The lowest BCUT2D eigenvalue weighted by atomic mass is 9.99. The lowest BCUT2D eigenvalue weighted by Gasteiger charge is -2.34. The number of likely N-dealkylation sites (N-methyl/N-ethyl adjacent to an activating group) is 2. The largest absolute Gasteiger partial charge is 0.380 e. The van der Waals surface area contributed by atoms with Crippen LogP contribution in [-0.2, 0) is 0 Å². The van der Waals surface area contributed by atoms with Gasteiger partial charge in [0.05, 0.1) is 20.5 Å². The molecule has 0 aromatic carbocycles. The Bertz CT molecular complexity index is 351. The van der Waals surface area contributed by atoms with Gasteiger partial charge in [-0.2, -0.15) is 0 Å². The molecule has 0 fully saturated rings. The van der Waals surface area contributed by atoms with E-state index in [4.69, 9.17) is 0 Å². The molecule has 98 valence electrons. The highest BCUT2D eigenvalue weighted by Crippen LogP contribution is 2.24. The van der Waals surface area contributed by atoms with Crippen molar-refractivity contribution in [2.24, 2.45) is 5.92 Å². The maximum absolute atomic E-state index is 10.3. The summed E-state index contributed by atoms with van der Waals surface area (Å²) in [5.41, 5.74) is 2.26. The number of aliphatic hydroxyl groups is 1. The van der Waals surface area contributed by atoms with Crippen molar-refractivity contribution in [3.05, 3.63) is 11.3 Å². The van der Waals surface area contributed by atoms with Gasteiger partial charge in [0, 0.05) is 0 Å². The fourth-order valence-electron chi connectivity index (χ4n) is 2.53. The smallest absolute Gasteiger partial charge is 0.251 e. The Morgan fingerprint density at radius 3 is 2.35 bits per heavy atom. The second-order valence-corrected chi connectivity index (χ2v) is 5.75. The van der Waals surface area contributed by atoms with Gasteiger partial charge < -0.3 is 5.11 Å². The van der Waals surface area contributed by atoms with Crippen LogP contribution in [0.4, 0.5) is 0 Å². The van der Waals surface area contributed by atoms with E-state index in [2.05, 4.69) is 58.2 Å². The van der Waals surface area contributed by atoms with Crippen molar-refractivity contribution in [1.29, 1.82) is 0 Å². The summed E-state index contributed by atoms with van der Waals surface area (Å²) < 4.78 is 2.21. The summed E-state index contributed by atoms with van der Waals surface area (Å²) in [4.78, 5) is 2.17. The van der Waals surface area contributed by atoms with Crippen molar-refractivity contribution in [2.45, 2.75) is 53.2 Å². The number of hydrogen-bond acceptors (Lipinski definition) is 2. The monoisotopic (exact) mass is 239 g/mol. The predicted octanol–water partition coefficient (Wildman–Crippen LogP) is 2.06. The zero-order chi connectivity index (χ0) is 13.3. The normalized spacial score (nSPS) is 25.9. The SMILES string of the molecule is CC(C)=C1C(O)C(C)[N+](C)=C(CC(C)C)N1C. The van der Waals surface area contributed by atoms with Crippen molar-refractivity contribution >= 4 is 5.84 Å². The standard InChI is InChI=1S/C14H27N2O/c1-9(2)8-12-15(6)11(5)14(17)13(10(3)4)16(12)7/h9,11,14,17H,8H2,1-7H3/q+1. The Morgan fingerprint density at radius 2 is 1.94 bits per heavy atom. The van der Waals surface area contributed by atoms with Crippen LogP contribution in [-0.4, -0.2) is 46.7 Å². The van der Waals surface area contributed by atoms with Crippen LogP contribution in [0.3, 0.4) is 0 Å². The molecule has 0 aliphatic carbocycles. The quantitative estimate of drug-likeness (QED) is 0.747. The summed E-state index contributed by atoms with van der Waals surface area (Å²) >= 11 is 0. The van der Waals surface area contributed by atoms with Gasteiger partial charge in [0.2, 0.25) is 0 Å². The molecule has 3 heteroatoms. The van der Waals surface area contributed by atoms with Crippen molar-refractivity contribution in [2.75, 3.05) is 14.1 Å². The highest BCUT2D eigenvalue weighted by molar-refractivity contribution is 5.80. The average molecular weight is 239 g/mol. The first-order chi connectivity index (χ1) is 7.77. The van der Waals surface area contributed by atoms with Gasteiger partial charge in [0.15, 0.2) is 6.10 Å². The van der Waals surface area contributed by atoms with Crippen LogP contribution in [0.5, 0.6) is 0 Å². The van der Waals surface area contributed by atoms with Gasteiger partial charge in [-0.25, -0.2) is 4.90 Å². The maximum atomic E-state index is 10.3. The van der Waals surface area contributed by atoms with Crippen molar-refractivity contribution in [3.63, 3.8) is 0 Å². The average Bonchev–Trinajstić information content (AvgIpc) is 2.21. The fourth-order valence-corrected chi connectivity index (χ4v) is 2.53. The van der Waals surface area contributed by atoms with Crippen LogP contribution in [0.1, 0.15) is 41.0 Å². The number of aliphatic hydroxyl groups excluding tert-OH is 1. The summed E-state index contributed by atoms with van der Waals surface area (Å²) in [6.07, 6.45) is 0.645. The van der Waals surface area contributed by atoms with Gasteiger partial charge in [-0.1, -0.05) is 13.8 Å². The second kappa shape index (κ2) is 5.21. The lowest BCUT2D eigenvalue weighted by Crippen LogP contribution is -2.52. The predicted molar refractivity (Wildman–Crippen MR) is 72.3 cm³/mol. The lowest BCUT2D eigenvalue weighted by molar-refractivity contribution is -0.554.